The Morgan fingerprint density at radius 1 is 1.50 bits per heavy atom. The van der Waals surface area contributed by atoms with Crippen LogP contribution in [0.25, 0.3) is 0 Å². The van der Waals surface area contributed by atoms with Crippen LogP contribution in [-0.4, -0.2) is 33.8 Å². The maximum absolute atomic E-state index is 11.0. The molecule has 1 unspecified atom stereocenters. The Morgan fingerprint density at radius 3 is 2.64 bits per heavy atom. The van der Waals surface area contributed by atoms with Gasteiger partial charge in [0.05, 0.1) is 5.75 Å². The third kappa shape index (κ3) is 7.06. The molecule has 0 bridgehead atoms. The van der Waals surface area contributed by atoms with E-state index in [1.165, 1.54) is 7.05 Å². The molecule has 0 saturated heterocycles. The molecule has 0 saturated carbocycles. The van der Waals surface area contributed by atoms with Crippen LogP contribution in [0.4, 0.5) is 0 Å². The van der Waals surface area contributed by atoms with E-state index in [1.807, 2.05) is 13.0 Å². The largest absolute Gasteiger partial charge is 0.313 e. The maximum atomic E-state index is 11.0. The van der Waals surface area contributed by atoms with Crippen molar-refractivity contribution in [1.82, 2.24) is 10.0 Å². The zero-order valence-electron chi connectivity index (χ0n) is 8.91. The summed E-state index contributed by atoms with van der Waals surface area (Å²) in [5.74, 6) is 0.127. The molecule has 0 spiro atoms. The van der Waals surface area contributed by atoms with Crippen LogP contribution in [0.5, 0.6) is 0 Å². The number of nitrogens with one attached hydrogen (secondary N) is 2. The Kier molecular flexibility index (Phi) is 6.78. The standard InChI is InChI=1S/C9H20N2O2S/c1-4-5-6-9(2)11-7-8-14(12,13)10-3/h4,9-11H,1,5-8H2,2-3H3. The van der Waals surface area contributed by atoms with Crippen molar-refractivity contribution in [2.24, 2.45) is 0 Å². The molecule has 0 heterocycles. The summed E-state index contributed by atoms with van der Waals surface area (Å²) >= 11 is 0. The van der Waals surface area contributed by atoms with Crippen molar-refractivity contribution in [1.29, 1.82) is 0 Å². The van der Waals surface area contributed by atoms with E-state index in [0.29, 0.717) is 12.6 Å². The molecule has 0 radical (unpaired) electrons. The van der Waals surface area contributed by atoms with Gasteiger partial charge in [0.15, 0.2) is 0 Å². The first-order valence-corrected chi connectivity index (χ1v) is 6.42. The molecule has 0 fully saturated rings. The van der Waals surface area contributed by atoms with Gasteiger partial charge in [0.2, 0.25) is 10.0 Å². The summed E-state index contributed by atoms with van der Waals surface area (Å²) in [4.78, 5) is 0. The number of sulfonamides is 1. The van der Waals surface area contributed by atoms with Crippen molar-refractivity contribution in [2.45, 2.75) is 25.8 Å². The Labute approximate surface area is 86.8 Å². The van der Waals surface area contributed by atoms with Crippen LogP contribution in [0, 0.1) is 0 Å². The average Bonchev–Trinajstić information content (AvgIpc) is 2.14. The lowest BCUT2D eigenvalue weighted by atomic mass is 10.2. The fourth-order valence-corrected chi connectivity index (χ4v) is 1.60. The van der Waals surface area contributed by atoms with E-state index >= 15 is 0 Å². The lowest BCUT2D eigenvalue weighted by Gasteiger charge is -2.12. The Morgan fingerprint density at radius 2 is 2.14 bits per heavy atom. The summed E-state index contributed by atoms with van der Waals surface area (Å²) in [6.45, 7) is 6.16. The molecule has 0 aromatic rings. The van der Waals surface area contributed by atoms with Crippen LogP contribution >= 0.6 is 0 Å². The van der Waals surface area contributed by atoms with E-state index in [9.17, 15) is 8.42 Å². The van der Waals surface area contributed by atoms with Crippen LogP contribution in [0.2, 0.25) is 0 Å². The molecule has 0 rings (SSSR count). The van der Waals surface area contributed by atoms with Gasteiger partial charge in [-0.3, -0.25) is 0 Å². The van der Waals surface area contributed by atoms with Crippen LogP contribution < -0.4 is 10.0 Å². The first kappa shape index (κ1) is 13.6. The highest BCUT2D eigenvalue weighted by Gasteiger charge is 2.07. The molecule has 1 atom stereocenters. The van der Waals surface area contributed by atoms with Gasteiger partial charge in [0.1, 0.15) is 0 Å². The molecule has 14 heavy (non-hydrogen) atoms. The number of rotatable bonds is 8. The second-order valence-corrected chi connectivity index (χ2v) is 5.29. The van der Waals surface area contributed by atoms with E-state index in [4.69, 9.17) is 0 Å². The summed E-state index contributed by atoms with van der Waals surface area (Å²) in [7, 11) is -1.64. The van der Waals surface area contributed by atoms with Crippen LogP contribution in [0.15, 0.2) is 12.7 Å². The van der Waals surface area contributed by atoms with Gasteiger partial charge in [-0.2, -0.15) is 0 Å². The van der Waals surface area contributed by atoms with Gasteiger partial charge in [-0.05, 0) is 26.8 Å². The molecule has 0 aromatic heterocycles. The summed E-state index contributed by atoms with van der Waals surface area (Å²) in [5, 5.41) is 3.14. The molecule has 84 valence electrons. The fourth-order valence-electron chi connectivity index (χ4n) is 1.01. The minimum atomic E-state index is -3.07. The lowest BCUT2D eigenvalue weighted by molar-refractivity contribution is 0.528. The second-order valence-electron chi connectivity index (χ2n) is 3.24. The topological polar surface area (TPSA) is 58.2 Å². The van der Waals surface area contributed by atoms with Crippen molar-refractivity contribution >= 4 is 10.0 Å². The number of hydrogen-bond donors (Lipinski definition) is 2. The third-order valence-electron chi connectivity index (χ3n) is 1.98. The molecule has 0 aliphatic heterocycles. The van der Waals surface area contributed by atoms with E-state index in [-0.39, 0.29) is 5.75 Å². The molecule has 5 heteroatoms. The summed E-state index contributed by atoms with van der Waals surface area (Å²) in [5.41, 5.74) is 0. The average molecular weight is 220 g/mol. The van der Waals surface area contributed by atoms with Crippen LogP contribution in [0.1, 0.15) is 19.8 Å². The van der Waals surface area contributed by atoms with Gasteiger partial charge in [-0.15, -0.1) is 6.58 Å². The molecule has 2 N–H and O–H groups in total. The van der Waals surface area contributed by atoms with Crippen molar-refractivity contribution < 1.29 is 8.42 Å². The predicted molar refractivity (Wildman–Crippen MR) is 59.7 cm³/mol. The normalized spacial score (nSPS) is 13.9. The van der Waals surface area contributed by atoms with Crippen molar-refractivity contribution in [3.63, 3.8) is 0 Å². The lowest BCUT2D eigenvalue weighted by Crippen LogP contribution is -2.34. The second kappa shape index (κ2) is 6.98. The Balaban J connectivity index is 3.58. The molecular formula is C9H20N2O2S. The number of allylic oxidation sites excluding steroid dienone is 1. The molecule has 0 aliphatic rings. The molecule has 0 aromatic carbocycles. The minimum Gasteiger partial charge on any atom is -0.313 e. The van der Waals surface area contributed by atoms with Crippen LogP contribution in [0.3, 0.4) is 0 Å². The summed E-state index contributed by atoms with van der Waals surface area (Å²) < 4.78 is 24.3. The molecule has 0 amide bonds. The van der Waals surface area contributed by atoms with E-state index in [2.05, 4.69) is 16.6 Å². The van der Waals surface area contributed by atoms with E-state index in [0.717, 1.165) is 12.8 Å². The van der Waals surface area contributed by atoms with Gasteiger partial charge >= 0.3 is 0 Å². The first-order valence-electron chi connectivity index (χ1n) is 4.77. The third-order valence-corrected chi connectivity index (χ3v) is 3.34. The van der Waals surface area contributed by atoms with Gasteiger partial charge in [-0.25, -0.2) is 13.1 Å². The predicted octanol–water partition coefficient (Wildman–Crippen LogP) is 0.480. The summed E-state index contributed by atoms with van der Waals surface area (Å²) in [6.07, 6.45) is 3.80. The highest BCUT2D eigenvalue weighted by atomic mass is 32.2. The van der Waals surface area contributed by atoms with Crippen molar-refractivity contribution in [3.8, 4) is 0 Å². The minimum absolute atomic E-state index is 0.127. The van der Waals surface area contributed by atoms with E-state index in [1.54, 1.807) is 0 Å². The Hall–Kier alpha value is -0.390. The van der Waals surface area contributed by atoms with Crippen molar-refractivity contribution in [3.05, 3.63) is 12.7 Å². The van der Waals surface area contributed by atoms with Gasteiger partial charge in [-0.1, -0.05) is 6.08 Å². The maximum Gasteiger partial charge on any atom is 0.212 e. The first-order chi connectivity index (χ1) is 6.52. The molecule has 0 aliphatic carbocycles. The van der Waals surface area contributed by atoms with Gasteiger partial charge in [0, 0.05) is 12.6 Å². The quantitative estimate of drug-likeness (QED) is 0.585. The zero-order valence-corrected chi connectivity index (χ0v) is 9.73. The Bertz CT molecular complexity index is 250. The number of hydrogen-bond acceptors (Lipinski definition) is 3. The van der Waals surface area contributed by atoms with Gasteiger partial charge in [0.25, 0.3) is 0 Å². The highest BCUT2D eigenvalue weighted by molar-refractivity contribution is 7.89. The van der Waals surface area contributed by atoms with Gasteiger partial charge < -0.3 is 5.32 Å². The SMILES string of the molecule is C=CCCC(C)NCCS(=O)(=O)NC. The monoisotopic (exact) mass is 220 g/mol. The fraction of sp³-hybridized carbons (Fsp3) is 0.778. The zero-order chi connectivity index (χ0) is 11.0. The highest BCUT2D eigenvalue weighted by Crippen LogP contribution is 1.96. The van der Waals surface area contributed by atoms with E-state index < -0.39 is 10.0 Å². The van der Waals surface area contributed by atoms with Crippen molar-refractivity contribution in [2.75, 3.05) is 19.3 Å². The summed E-state index contributed by atoms with van der Waals surface area (Å²) in [6, 6.07) is 0.333. The van der Waals surface area contributed by atoms with Crippen LogP contribution in [-0.2, 0) is 10.0 Å². The smallest absolute Gasteiger partial charge is 0.212 e. The molecule has 4 nitrogen and oxygen atoms in total. The molecular weight excluding hydrogens is 200 g/mol.